The minimum atomic E-state index is -0.343. The van der Waals surface area contributed by atoms with Crippen molar-refractivity contribution in [2.75, 3.05) is 12.4 Å². The van der Waals surface area contributed by atoms with Gasteiger partial charge in [0.25, 0.3) is 0 Å². The van der Waals surface area contributed by atoms with Gasteiger partial charge in [0, 0.05) is 11.3 Å². The summed E-state index contributed by atoms with van der Waals surface area (Å²) < 4.78 is 4.94. The van der Waals surface area contributed by atoms with E-state index in [0.717, 1.165) is 12.2 Å². The van der Waals surface area contributed by atoms with E-state index < -0.39 is 0 Å². The van der Waals surface area contributed by atoms with Crippen LogP contribution in [0.5, 0.6) is 0 Å². The average Bonchev–Trinajstić information content (AvgIpc) is 2.66. The average molecular weight is 379 g/mol. The summed E-state index contributed by atoms with van der Waals surface area (Å²) in [5.41, 5.74) is 1.14. The summed E-state index contributed by atoms with van der Waals surface area (Å²) in [7, 11) is 0. The van der Waals surface area contributed by atoms with Gasteiger partial charge >= 0.3 is 5.97 Å². The van der Waals surface area contributed by atoms with Crippen LogP contribution in [0.1, 0.15) is 98.8 Å². The van der Waals surface area contributed by atoms with Gasteiger partial charge in [0.15, 0.2) is 0 Å². The van der Waals surface area contributed by atoms with Gasteiger partial charge in [-0.1, -0.05) is 76.5 Å². The van der Waals surface area contributed by atoms with Gasteiger partial charge in [-0.05, 0) is 37.6 Å². The Morgan fingerprint density at radius 2 is 1.27 bits per heavy atom. The van der Waals surface area contributed by atoms with Crippen molar-refractivity contribution in [3.8, 4) is 0 Å². The smallest absolute Gasteiger partial charge is 0.338 e. The number of esters is 1. The van der Waals surface area contributed by atoms with Crippen LogP contribution in [-0.4, -0.2) is 23.4 Å². The van der Waals surface area contributed by atoms with Crippen molar-refractivity contribution in [2.24, 2.45) is 0 Å². The molecule has 0 spiro atoms. The molecule has 146 valence electrons. The van der Waals surface area contributed by atoms with E-state index in [1.54, 1.807) is 31.2 Å². The highest BCUT2D eigenvalue weighted by Gasteiger charge is 2.09. The van der Waals surface area contributed by atoms with Gasteiger partial charge in [-0.3, -0.25) is 4.79 Å². The third-order valence-electron chi connectivity index (χ3n) is 4.36. The quantitative estimate of drug-likeness (QED) is 0.268. The van der Waals surface area contributed by atoms with Crippen molar-refractivity contribution >= 4 is 22.8 Å². The summed E-state index contributed by atoms with van der Waals surface area (Å²) in [6.07, 6.45) is 13.1. The molecule has 0 aliphatic carbocycles. The van der Waals surface area contributed by atoms with Crippen molar-refractivity contribution < 1.29 is 14.3 Å². The lowest BCUT2D eigenvalue weighted by atomic mass is 10.1. The van der Waals surface area contributed by atoms with E-state index in [0.29, 0.717) is 17.7 Å². The van der Waals surface area contributed by atoms with Crippen LogP contribution in [0.15, 0.2) is 24.3 Å². The van der Waals surface area contributed by atoms with Crippen LogP contribution in [0.3, 0.4) is 0 Å². The summed E-state index contributed by atoms with van der Waals surface area (Å²) in [5.74, 6) is 0.527. The number of carbonyl (C=O) groups excluding carboxylic acids is 2. The predicted octanol–water partition coefficient (Wildman–Crippen LogP) is 6.66. The normalized spacial score (nSPS) is 10.7. The Balaban J connectivity index is 2.08. The molecule has 1 aromatic rings. The van der Waals surface area contributed by atoms with E-state index in [2.05, 4.69) is 6.92 Å². The van der Waals surface area contributed by atoms with Gasteiger partial charge in [-0.2, -0.15) is 0 Å². The van der Waals surface area contributed by atoms with Gasteiger partial charge in [0.2, 0.25) is 5.12 Å². The molecule has 1 aromatic carbocycles. The fraction of sp³-hybridized carbons (Fsp3) is 0.636. The van der Waals surface area contributed by atoms with E-state index in [9.17, 15) is 9.59 Å². The number of benzene rings is 1. The summed E-state index contributed by atoms with van der Waals surface area (Å²) >= 11 is 1.38. The lowest BCUT2D eigenvalue weighted by molar-refractivity contribution is 0.0526. The molecule has 0 aliphatic heterocycles. The molecule has 1 rings (SSSR count). The van der Waals surface area contributed by atoms with Crippen LogP contribution in [0.4, 0.5) is 0 Å². The summed E-state index contributed by atoms with van der Waals surface area (Å²) in [4.78, 5) is 23.8. The van der Waals surface area contributed by atoms with Crippen LogP contribution < -0.4 is 0 Å². The molecule has 0 bridgehead atoms. The van der Waals surface area contributed by atoms with E-state index >= 15 is 0 Å². The molecule has 0 unspecified atom stereocenters. The Bertz CT molecular complexity index is 511. The second kappa shape index (κ2) is 14.8. The standard InChI is InChI=1S/C22H34O3S/c1-3-5-6-7-8-9-10-11-12-13-18-26-22(24)20-16-14-19(15-17-20)21(23)25-4-2/h14-17H,3-13,18H2,1-2H3. The number of thioether (sulfide) groups is 1. The molecule has 0 aromatic heterocycles. The minimum Gasteiger partial charge on any atom is -0.462 e. The van der Waals surface area contributed by atoms with Crippen molar-refractivity contribution in [1.29, 1.82) is 0 Å². The second-order valence-corrected chi connectivity index (χ2v) is 7.68. The molecular weight excluding hydrogens is 344 g/mol. The Kier molecular flexibility index (Phi) is 13.0. The highest BCUT2D eigenvalue weighted by Crippen LogP contribution is 2.17. The van der Waals surface area contributed by atoms with Crippen LogP contribution in [0.25, 0.3) is 0 Å². The van der Waals surface area contributed by atoms with Crippen LogP contribution in [-0.2, 0) is 4.74 Å². The van der Waals surface area contributed by atoms with E-state index in [4.69, 9.17) is 4.74 Å². The lowest BCUT2D eigenvalue weighted by Gasteiger charge is -2.04. The first-order chi connectivity index (χ1) is 12.7. The summed E-state index contributed by atoms with van der Waals surface area (Å²) in [5, 5.41) is 0.0799. The van der Waals surface area contributed by atoms with E-state index in [-0.39, 0.29) is 11.1 Å². The molecular formula is C22H34O3S. The third kappa shape index (κ3) is 10.0. The van der Waals surface area contributed by atoms with Crippen molar-refractivity contribution in [3.05, 3.63) is 35.4 Å². The molecule has 0 amide bonds. The maximum Gasteiger partial charge on any atom is 0.338 e. The van der Waals surface area contributed by atoms with Crippen molar-refractivity contribution in [2.45, 2.75) is 78.1 Å². The monoisotopic (exact) mass is 378 g/mol. The zero-order valence-corrected chi connectivity index (χ0v) is 17.2. The summed E-state index contributed by atoms with van der Waals surface area (Å²) in [6, 6.07) is 6.73. The SMILES string of the molecule is CCCCCCCCCCCCSC(=O)c1ccc(C(=O)OCC)cc1. The maximum absolute atomic E-state index is 12.2. The number of hydrogen-bond donors (Lipinski definition) is 0. The molecule has 0 atom stereocenters. The zero-order valence-electron chi connectivity index (χ0n) is 16.4. The Labute approximate surface area is 163 Å². The number of rotatable bonds is 14. The van der Waals surface area contributed by atoms with Gasteiger partial charge < -0.3 is 4.74 Å². The molecule has 0 N–H and O–H groups in total. The summed E-state index contributed by atoms with van der Waals surface area (Å²) in [6.45, 7) is 4.38. The fourth-order valence-corrected chi connectivity index (χ4v) is 3.63. The largest absolute Gasteiger partial charge is 0.462 e. The number of hydrogen-bond acceptors (Lipinski definition) is 4. The maximum atomic E-state index is 12.2. The first kappa shape index (κ1) is 22.8. The lowest BCUT2D eigenvalue weighted by Crippen LogP contribution is -2.05. The van der Waals surface area contributed by atoms with Crippen LogP contribution in [0, 0.1) is 0 Å². The Morgan fingerprint density at radius 3 is 1.81 bits per heavy atom. The molecule has 0 heterocycles. The number of carbonyl (C=O) groups is 2. The molecule has 0 saturated heterocycles. The number of ether oxygens (including phenoxy) is 1. The fourth-order valence-electron chi connectivity index (χ4n) is 2.79. The predicted molar refractivity (Wildman–Crippen MR) is 111 cm³/mol. The highest BCUT2D eigenvalue weighted by atomic mass is 32.2. The van der Waals surface area contributed by atoms with E-state index in [1.165, 1.54) is 69.5 Å². The van der Waals surface area contributed by atoms with Gasteiger partial charge in [0.05, 0.1) is 12.2 Å². The minimum absolute atomic E-state index is 0.0799. The molecule has 0 saturated carbocycles. The molecule has 0 aliphatic rings. The van der Waals surface area contributed by atoms with Crippen molar-refractivity contribution in [1.82, 2.24) is 0 Å². The molecule has 0 fully saturated rings. The molecule has 3 nitrogen and oxygen atoms in total. The third-order valence-corrected chi connectivity index (χ3v) is 5.35. The topological polar surface area (TPSA) is 43.4 Å². The molecule has 0 radical (unpaired) electrons. The Hall–Kier alpha value is -1.29. The first-order valence-electron chi connectivity index (χ1n) is 10.1. The van der Waals surface area contributed by atoms with Gasteiger partial charge in [-0.15, -0.1) is 0 Å². The van der Waals surface area contributed by atoms with E-state index in [1.807, 2.05) is 0 Å². The van der Waals surface area contributed by atoms with Gasteiger partial charge in [-0.25, -0.2) is 4.79 Å². The van der Waals surface area contributed by atoms with Crippen molar-refractivity contribution in [3.63, 3.8) is 0 Å². The van der Waals surface area contributed by atoms with Crippen LogP contribution >= 0.6 is 11.8 Å². The van der Waals surface area contributed by atoms with Gasteiger partial charge in [0.1, 0.15) is 0 Å². The molecule has 26 heavy (non-hydrogen) atoms. The first-order valence-corrected chi connectivity index (χ1v) is 11.1. The highest BCUT2D eigenvalue weighted by molar-refractivity contribution is 8.14. The number of unbranched alkanes of at least 4 members (excludes halogenated alkanes) is 9. The zero-order chi connectivity index (χ0) is 19.0. The van der Waals surface area contributed by atoms with Crippen LogP contribution in [0.2, 0.25) is 0 Å². The molecule has 4 heteroatoms. The Morgan fingerprint density at radius 1 is 0.769 bits per heavy atom. The second-order valence-electron chi connectivity index (χ2n) is 6.62.